The van der Waals surface area contributed by atoms with Gasteiger partial charge >= 0.3 is 5.97 Å². The highest BCUT2D eigenvalue weighted by Crippen LogP contribution is 2.40. The van der Waals surface area contributed by atoms with Crippen molar-refractivity contribution in [1.29, 1.82) is 0 Å². The van der Waals surface area contributed by atoms with Crippen LogP contribution in [0.3, 0.4) is 0 Å². The fourth-order valence-electron chi connectivity index (χ4n) is 2.02. The third-order valence-corrected chi connectivity index (χ3v) is 3.24. The van der Waals surface area contributed by atoms with E-state index in [0.717, 1.165) is 18.6 Å². The normalized spacial score (nSPS) is 16.0. The van der Waals surface area contributed by atoms with Crippen LogP contribution in [-0.4, -0.2) is 30.2 Å². The minimum absolute atomic E-state index is 0.213. The monoisotopic (exact) mass is 280 g/mol. The van der Waals surface area contributed by atoms with Crippen molar-refractivity contribution in [2.45, 2.75) is 45.1 Å². The number of nitrogens with zero attached hydrogens (tertiary/aromatic N) is 1. The molecule has 0 aromatic carbocycles. The first-order valence-corrected chi connectivity index (χ1v) is 6.86. The molecular formula is C14H20N2O4. The molecule has 110 valence electrons. The lowest BCUT2D eigenvalue weighted by atomic mass is 10.0. The number of aromatic nitrogens is 1. The van der Waals surface area contributed by atoms with Crippen LogP contribution in [0.25, 0.3) is 0 Å². The molecule has 0 aliphatic heterocycles. The molecule has 0 saturated heterocycles. The molecule has 2 rings (SSSR count). The van der Waals surface area contributed by atoms with E-state index in [0.29, 0.717) is 12.3 Å². The molecule has 1 aromatic rings. The van der Waals surface area contributed by atoms with Crippen LogP contribution in [0.4, 0.5) is 0 Å². The van der Waals surface area contributed by atoms with E-state index in [2.05, 4.69) is 10.5 Å². The third kappa shape index (κ3) is 3.59. The van der Waals surface area contributed by atoms with E-state index >= 15 is 0 Å². The summed E-state index contributed by atoms with van der Waals surface area (Å²) < 4.78 is 9.84. The lowest BCUT2D eigenvalue weighted by Crippen LogP contribution is -2.42. The Morgan fingerprint density at radius 3 is 2.75 bits per heavy atom. The molecule has 0 spiro atoms. The summed E-state index contributed by atoms with van der Waals surface area (Å²) in [4.78, 5) is 23.7. The van der Waals surface area contributed by atoms with E-state index in [4.69, 9.17) is 9.26 Å². The first-order chi connectivity index (χ1) is 9.51. The van der Waals surface area contributed by atoms with Crippen molar-refractivity contribution in [3.8, 4) is 0 Å². The fraction of sp³-hybridized carbons (Fsp3) is 0.643. The molecule has 0 radical (unpaired) electrons. The summed E-state index contributed by atoms with van der Waals surface area (Å²) in [5.41, 5.74) is 0.213. The summed E-state index contributed by atoms with van der Waals surface area (Å²) in [5, 5.41) is 6.41. The van der Waals surface area contributed by atoms with Gasteiger partial charge in [0.15, 0.2) is 5.69 Å². The maximum atomic E-state index is 12.1. The number of esters is 1. The van der Waals surface area contributed by atoms with E-state index < -0.39 is 17.9 Å². The second kappa shape index (κ2) is 6.07. The molecule has 0 unspecified atom stereocenters. The van der Waals surface area contributed by atoms with E-state index in [-0.39, 0.29) is 11.6 Å². The van der Waals surface area contributed by atoms with Gasteiger partial charge in [0.25, 0.3) is 5.91 Å². The highest BCUT2D eigenvalue weighted by Gasteiger charge is 2.30. The van der Waals surface area contributed by atoms with Gasteiger partial charge in [-0.2, -0.15) is 0 Å². The predicted octanol–water partition coefficient (Wildman–Crippen LogP) is 1.87. The molecule has 6 heteroatoms. The minimum Gasteiger partial charge on any atom is -0.467 e. The summed E-state index contributed by atoms with van der Waals surface area (Å²) in [6, 6.07) is 0.991. The van der Waals surface area contributed by atoms with E-state index in [9.17, 15) is 9.59 Å². The summed E-state index contributed by atoms with van der Waals surface area (Å²) in [6.07, 6.45) is 2.68. The van der Waals surface area contributed by atoms with E-state index in [1.54, 1.807) is 6.07 Å². The molecular weight excluding hydrogens is 260 g/mol. The number of carbonyl (C=O) groups is 2. The first-order valence-electron chi connectivity index (χ1n) is 6.86. The lowest BCUT2D eigenvalue weighted by Gasteiger charge is -2.17. The van der Waals surface area contributed by atoms with Crippen LogP contribution in [0, 0.1) is 5.92 Å². The number of hydrogen-bond acceptors (Lipinski definition) is 5. The number of nitrogens with one attached hydrogen (secondary N) is 1. The smallest absolute Gasteiger partial charge is 0.328 e. The quantitative estimate of drug-likeness (QED) is 0.804. The van der Waals surface area contributed by atoms with Crippen molar-refractivity contribution < 1.29 is 18.8 Å². The van der Waals surface area contributed by atoms with E-state index in [1.165, 1.54) is 7.11 Å². The molecule has 1 aliphatic carbocycles. The molecule has 20 heavy (non-hydrogen) atoms. The Kier molecular flexibility index (Phi) is 4.42. The molecule has 1 fully saturated rings. The predicted molar refractivity (Wildman–Crippen MR) is 71.2 cm³/mol. The number of methoxy groups -OCH3 is 1. The summed E-state index contributed by atoms with van der Waals surface area (Å²) in [5.74, 6) is 0.554. The van der Waals surface area contributed by atoms with Crippen LogP contribution in [-0.2, 0) is 9.53 Å². The van der Waals surface area contributed by atoms with Gasteiger partial charge in [0, 0.05) is 12.0 Å². The van der Waals surface area contributed by atoms with Crippen LogP contribution in [0.15, 0.2) is 10.6 Å². The Labute approximate surface area is 117 Å². The highest BCUT2D eigenvalue weighted by atomic mass is 16.5. The number of carbonyl (C=O) groups excluding carboxylic acids is 2. The standard InChI is InChI=1S/C14H20N2O4/c1-8(2)6-11(14(18)19-3)15-13(17)10-7-12(20-16-10)9-4-5-9/h7-9,11H,4-6H2,1-3H3,(H,15,17)/t11-/m1/s1. The highest BCUT2D eigenvalue weighted by molar-refractivity contribution is 5.95. The number of ether oxygens (including phenoxy) is 1. The minimum atomic E-state index is -0.659. The van der Waals surface area contributed by atoms with Crippen molar-refractivity contribution >= 4 is 11.9 Å². The molecule has 6 nitrogen and oxygen atoms in total. The number of hydrogen-bond donors (Lipinski definition) is 1. The molecule has 1 N–H and O–H groups in total. The SMILES string of the molecule is COC(=O)[C@@H](CC(C)C)NC(=O)c1cc(C2CC2)on1. The average Bonchev–Trinajstić information content (AvgIpc) is 3.14. The molecule has 1 saturated carbocycles. The Balaban J connectivity index is 2.00. The van der Waals surface area contributed by atoms with Crippen LogP contribution < -0.4 is 5.32 Å². The van der Waals surface area contributed by atoms with Crippen molar-refractivity contribution in [3.05, 3.63) is 17.5 Å². The largest absolute Gasteiger partial charge is 0.467 e. The Hall–Kier alpha value is -1.85. The van der Waals surface area contributed by atoms with Crippen LogP contribution in [0.1, 0.15) is 55.3 Å². The van der Waals surface area contributed by atoms with Gasteiger partial charge in [0.05, 0.1) is 7.11 Å². The first kappa shape index (κ1) is 14.6. The zero-order chi connectivity index (χ0) is 14.7. The molecule has 1 aliphatic rings. The van der Waals surface area contributed by atoms with Gasteiger partial charge in [0.2, 0.25) is 0 Å². The van der Waals surface area contributed by atoms with E-state index in [1.807, 2.05) is 13.8 Å². The zero-order valence-electron chi connectivity index (χ0n) is 12.0. The maximum absolute atomic E-state index is 12.1. The van der Waals surface area contributed by atoms with Crippen molar-refractivity contribution in [2.75, 3.05) is 7.11 Å². The molecule has 0 bridgehead atoms. The van der Waals surface area contributed by atoms with Gasteiger partial charge in [-0.3, -0.25) is 4.79 Å². The van der Waals surface area contributed by atoms with Crippen LogP contribution >= 0.6 is 0 Å². The third-order valence-electron chi connectivity index (χ3n) is 3.24. The Morgan fingerprint density at radius 1 is 1.50 bits per heavy atom. The zero-order valence-corrected chi connectivity index (χ0v) is 12.0. The number of amides is 1. The van der Waals surface area contributed by atoms with Gasteiger partial charge in [-0.15, -0.1) is 0 Å². The Morgan fingerprint density at radius 2 is 2.20 bits per heavy atom. The average molecular weight is 280 g/mol. The molecule has 1 amide bonds. The van der Waals surface area contributed by atoms with Gasteiger partial charge in [-0.1, -0.05) is 19.0 Å². The fourth-order valence-corrected chi connectivity index (χ4v) is 2.02. The van der Waals surface area contributed by atoms with Crippen molar-refractivity contribution in [1.82, 2.24) is 10.5 Å². The molecule has 1 heterocycles. The van der Waals surface area contributed by atoms with Gasteiger partial charge in [-0.25, -0.2) is 4.79 Å². The van der Waals surface area contributed by atoms with Crippen molar-refractivity contribution in [2.24, 2.45) is 5.92 Å². The molecule has 1 atom stereocenters. The Bertz CT molecular complexity index is 491. The van der Waals surface area contributed by atoms with Crippen molar-refractivity contribution in [3.63, 3.8) is 0 Å². The summed E-state index contributed by atoms with van der Waals surface area (Å²) in [7, 11) is 1.31. The summed E-state index contributed by atoms with van der Waals surface area (Å²) in [6.45, 7) is 3.95. The number of rotatable bonds is 6. The second-order valence-electron chi connectivity index (χ2n) is 5.57. The van der Waals surface area contributed by atoms with Crippen LogP contribution in [0.2, 0.25) is 0 Å². The topological polar surface area (TPSA) is 81.4 Å². The summed E-state index contributed by atoms with van der Waals surface area (Å²) >= 11 is 0. The second-order valence-corrected chi connectivity index (χ2v) is 5.57. The lowest BCUT2D eigenvalue weighted by molar-refractivity contribution is -0.143. The van der Waals surface area contributed by atoms with Gasteiger partial charge < -0.3 is 14.6 Å². The molecule has 1 aromatic heterocycles. The van der Waals surface area contributed by atoms with Gasteiger partial charge in [-0.05, 0) is 25.2 Å². The van der Waals surface area contributed by atoms with Gasteiger partial charge in [0.1, 0.15) is 11.8 Å². The van der Waals surface area contributed by atoms with Crippen LogP contribution in [0.5, 0.6) is 0 Å². The maximum Gasteiger partial charge on any atom is 0.328 e.